The fourth-order valence-corrected chi connectivity index (χ4v) is 2.17. The van der Waals surface area contributed by atoms with Crippen LogP contribution < -0.4 is 10.1 Å². The highest BCUT2D eigenvalue weighted by Crippen LogP contribution is 2.32. The number of fused-ring (bicyclic) bond motifs is 1. The summed E-state index contributed by atoms with van der Waals surface area (Å²) in [6.07, 6.45) is 1.79. The lowest BCUT2D eigenvalue weighted by Crippen LogP contribution is -2.11. The first-order valence-electron chi connectivity index (χ1n) is 5.20. The van der Waals surface area contributed by atoms with Gasteiger partial charge in [-0.3, -0.25) is 0 Å². The van der Waals surface area contributed by atoms with Gasteiger partial charge in [0.15, 0.2) is 0 Å². The summed E-state index contributed by atoms with van der Waals surface area (Å²) < 4.78 is 11.7. The molecule has 0 aliphatic heterocycles. The van der Waals surface area contributed by atoms with Crippen LogP contribution in [0.5, 0.6) is 5.75 Å². The van der Waals surface area contributed by atoms with Crippen LogP contribution in [0.3, 0.4) is 0 Å². The van der Waals surface area contributed by atoms with E-state index < -0.39 is 0 Å². The molecule has 1 aromatic carbocycles. The monoisotopic (exact) mass is 283 g/mol. The Labute approximate surface area is 103 Å². The molecule has 0 spiro atoms. The average Bonchev–Trinajstić information content (AvgIpc) is 2.70. The second-order valence-electron chi connectivity index (χ2n) is 3.53. The second-order valence-corrected chi connectivity index (χ2v) is 4.38. The Hall–Kier alpha value is -1.00. The molecule has 2 aromatic rings. The highest BCUT2D eigenvalue weighted by molar-refractivity contribution is 9.10. The van der Waals surface area contributed by atoms with Gasteiger partial charge < -0.3 is 14.5 Å². The van der Waals surface area contributed by atoms with E-state index in [2.05, 4.69) is 28.2 Å². The number of ether oxygens (including phenoxy) is 1. The Morgan fingerprint density at radius 1 is 1.44 bits per heavy atom. The van der Waals surface area contributed by atoms with Crippen molar-refractivity contribution in [3.63, 3.8) is 0 Å². The van der Waals surface area contributed by atoms with Gasteiger partial charge >= 0.3 is 0 Å². The minimum absolute atomic E-state index is 0.809. The lowest BCUT2D eigenvalue weighted by atomic mass is 10.1. The zero-order valence-electron chi connectivity index (χ0n) is 9.34. The molecular weight excluding hydrogens is 270 g/mol. The zero-order valence-corrected chi connectivity index (χ0v) is 10.9. The van der Waals surface area contributed by atoms with E-state index >= 15 is 0 Å². The smallest absolute Gasteiger partial charge is 0.148 e. The fourth-order valence-electron chi connectivity index (χ4n) is 1.63. The highest BCUT2D eigenvalue weighted by Gasteiger charge is 2.10. The van der Waals surface area contributed by atoms with Crippen LogP contribution in [-0.4, -0.2) is 13.7 Å². The van der Waals surface area contributed by atoms with Crippen LogP contribution in [0.25, 0.3) is 11.0 Å². The predicted octanol–water partition coefficient (Wildman–Crippen LogP) is 3.31. The van der Waals surface area contributed by atoms with Gasteiger partial charge in [-0.1, -0.05) is 6.92 Å². The maximum absolute atomic E-state index is 5.53. The summed E-state index contributed by atoms with van der Waals surface area (Å²) in [6.45, 7) is 3.83. The summed E-state index contributed by atoms with van der Waals surface area (Å²) in [5, 5.41) is 4.37. The molecule has 2 rings (SSSR count). The Balaban J connectivity index is 2.47. The van der Waals surface area contributed by atoms with E-state index in [-0.39, 0.29) is 0 Å². The van der Waals surface area contributed by atoms with Gasteiger partial charge in [0, 0.05) is 17.5 Å². The topological polar surface area (TPSA) is 34.4 Å². The number of nitrogens with one attached hydrogen (secondary N) is 1. The molecule has 0 saturated carbocycles. The van der Waals surface area contributed by atoms with E-state index in [1.54, 1.807) is 13.4 Å². The van der Waals surface area contributed by atoms with Crippen molar-refractivity contribution < 1.29 is 9.15 Å². The van der Waals surface area contributed by atoms with Crippen LogP contribution in [-0.2, 0) is 6.54 Å². The molecule has 0 amide bonds. The molecule has 0 unspecified atom stereocenters. The summed E-state index contributed by atoms with van der Waals surface area (Å²) in [5.41, 5.74) is 2.02. The van der Waals surface area contributed by atoms with Crippen LogP contribution >= 0.6 is 15.9 Å². The van der Waals surface area contributed by atoms with Crippen LogP contribution in [0.15, 0.2) is 27.3 Å². The Morgan fingerprint density at radius 2 is 2.25 bits per heavy atom. The predicted molar refractivity (Wildman–Crippen MR) is 67.8 cm³/mol. The maximum atomic E-state index is 5.53. The molecule has 1 N–H and O–H groups in total. The Morgan fingerprint density at radius 3 is 2.94 bits per heavy atom. The molecule has 16 heavy (non-hydrogen) atoms. The summed E-state index contributed by atoms with van der Waals surface area (Å²) in [6, 6.07) is 3.90. The minimum atomic E-state index is 0.809. The van der Waals surface area contributed by atoms with E-state index in [4.69, 9.17) is 9.15 Å². The van der Waals surface area contributed by atoms with Crippen molar-refractivity contribution in [3.8, 4) is 5.75 Å². The maximum Gasteiger partial charge on any atom is 0.148 e. The lowest BCUT2D eigenvalue weighted by Gasteiger charge is -2.03. The minimum Gasteiger partial charge on any atom is -0.497 e. The van der Waals surface area contributed by atoms with Crippen molar-refractivity contribution in [2.75, 3.05) is 13.7 Å². The molecular formula is C12H14BrNO2. The Bertz CT molecular complexity index is 493. The fraction of sp³-hybridized carbons (Fsp3) is 0.333. The molecule has 3 nitrogen and oxygen atoms in total. The number of benzene rings is 1. The number of furan rings is 1. The largest absolute Gasteiger partial charge is 0.497 e. The number of halogens is 1. The highest BCUT2D eigenvalue weighted by atomic mass is 79.9. The first-order chi connectivity index (χ1) is 7.76. The number of methoxy groups -OCH3 is 1. The molecule has 0 radical (unpaired) electrons. The molecule has 86 valence electrons. The van der Waals surface area contributed by atoms with Gasteiger partial charge in [-0.15, -0.1) is 0 Å². The lowest BCUT2D eigenvalue weighted by molar-refractivity contribution is 0.415. The zero-order chi connectivity index (χ0) is 11.5. The summed E-state index contributed by atoms with van der Waals surface area (Å²) in [5.74, 6) is 0.832. The van der Waals surface area contributed by atoms with Crippen LogP contribution in [0.2, 0.25) is 0 Å². The molecule has 0 aliphatic carbocycles. The third-order valence-electron chi connectivity index (χ3n) is 2.48. The number of rotatable bonds is 4. The van der Waals surface area contributed by atoms with Crippen LogP contribution in [0.4, 0.5) is 0 Å². The van der Waals surface area contributed by atoms with Gasteiger partial charge in [-0.05, 0) is 34.6 Å². The molecule has 0 bridgehead atoms. The molecule has 1 aromatic heterocycles. The van der Waals surface area contributed by atoms with Crippen molar-refractivity contribution in [3.05, 3.63) is 28.4 Å². The van der Waals surface area contributed by atoms with E-state index in [1.165, 1.54) is 0 Å². The third-order valence-corrected chi connectivity index (χ3v) is 3.07. The molecule has 1 heterocycles. The third kappa shape index (κ3) is 2.08. The SMILES string of the molecule is CCNCc1coc2c(Br)cc(OC)cc12. The molecule has 4 heteroatoms. The quantitative estimate of drug-likeness (QED) is 0.935. The average molecular weight is 284 g/mol. The molecule has 0 atom stereocenters. The van der Waals surface area contributed by atoms with Crippen molar-refractivity contribution >= 4 is 26.9 Å². The van der Waals surface area contributed by atoms with Crippen molar-refractivity contribution in [1.29, 1.82) is 0 Å². The van der Waals surface area contributed by atoms with Crippen LogP contribution in [0, 0.1) is 0 Å². The first kappa shape index (κ1) is 11.5. The second kappa shape index (κ2) is 4.89. The Kier molecular flexibility index (Phi) is 3.51. The van der Waals surface area contributed by atoms with E-state index in [0.717, 1.165) is 39.8 Å². The van der Waals surface area contributed by atoms with E-state index in [0.29, 0.717) is 0 Å². The van der Waals surface area contributed by atoms with Gasteiger partial charge in [-0.2, -0.15) is 0 Å². The number of hydrogen-bond donors (Lipinski definition) is 1. The normalized spacial score (nSPS) is 10.9. The molecule has 0 fully saturated rings. The summed E-state index contributed by atoms with van der Waals surface area (Å²) in [4.78, 5) is 0. The van der Waals surface area contributed by atoms with Gasteiger partial charge in [-0.25, -0.2) is 0 Å². The van der Waals surface area contributed by atoms with Gasteiger partial charge in [0.1, 0.15) is 11.3 Å². The summed E-state index contributed by atoms with van der Waals surface area (Å²) >= 11 is 3.48. The van der Waals surface area contributed by atoms with Gasteiger partial charge in [0.2, 0.25) is 0 Å². The van der Waals surface area contributed by atoms with Crippen molar-refractivity contribution in [2.24, 2.45) is 0 Å². The summed E-state index contributed by atoms with van der Waals surface area (Å²) in [7, 11) is 1.66. The number of hydrogen-bond acceptors (Lipinski definition) is 3. The van der Waals surface area contributed by atoms with Gasteiger partial charge in [0.05, 0.1) is 17.8 Å². The molecule has 0 saturated heterocycles. The van der Waals surface area contributed by atoms with Gasteiger partial charge in [0.25, 0.3) is 0 Å². The van der Waals surface area contributed by atoms with Crippen molar-refractivity contribution in [2.45, 2.75) is 13.5 Å². The standard InChI is InChI=1S/C12H14BrNO2/c1-3-14-6-8-7-16-12-10(8)4-9(15-2)5-11(12)13/h4-5,7,14H,3,6H2,1-2H3. The molecule has 0 aliphatic rings. The van der Waals surface area contributed by atoms with E-state index in [9.17, 15) is 0 Å². The van der Waals surface area contributed by atoms with Crippen molar-refractivity contribution in [1.82, 2.24) is 5.32 Å². The van der Waals surface area contributed by atoms with Crippen LogP contribution in [0.1, 0.15) is 12.5 Å². The van der Waals surface area contributed by atoms with E-state index in [1.807, 2.05) is 12.1 Å². The first-order valence-corrected chi connectivity index (χ1v) is 6.00.